The molecule has 0 fully saturated rings. The van der Waals surface area contributed by atoms with Crippen LogP contribution in [0, 0.1) is 0 Å². The Morgan fingerprint density at radius 2 is 2.38 bits per heavy atom. The van der Waals surface area contributed by atoms with Gasteiger partial charge in [0.25, 0.3) is 5.91 Å². The van der Waals surface area contributed by atoms with Crippen molar-refractivity contribution in [2.75, 3.05) is 18.6 Å². The van der Waals surface area contributed by atoms with Gasteiger partial charge in [-0.3, -0.25) is 4.79 Å². The Bertz CT molecular complexity index is 343. The zero-order valence-corrected chi connectivity index (χ0v) is 10.1. The molecule has 1 aromatic heterocycles. The molecular weight excluding hydrogens is 226 g/mol. The Morgan fingerprint density at radius 3 is 2.94 bits per heavy atom. The molecule has 5 nitrogen and oxygen atoms in total. The van der Waals surface area contributed by atoms with Crippen molar-refractivity contribution in [2.24, 2.45) is 0 Å². The molecule has 0 aromatic carbocycles. The van der Waals surface area contributed by atoms with Gasteiger partial charge in [0, 0.05) is 12.3 Å². The summed E-state index contributed by atoms with van der Waals surface area (Å²) in [5, 5.41) is 19.7. The molecule has 88 valence electrons. The normalized spacial score (nSPS) is 14.2. The summed E-state index contributed by atoms with van der Waals surface area (Å²) in [4.78, 5) is 11.6. The molecule has 0 bridgehead atoms. The molecule has 1 unspecified atom stereocenters. The van der Waals surface area contributed by atoms with Crippen LogP contribution in [0.4, 0.5) is 0 Å². The number of hydrogen-bond donors (Lipinski definition) is 2. The molecule has 0 saturated heterocycles. The predicted octanol–water partition coefficient (Wildman–Crippen LogP) is 0.320. The molecular formula is C10H15N3O2S. The van der Waals surface area contributed by atoms with Gasteiger partial charge in [-0.2, -0.15) is 22.0 Å². The molecule has 1 heterocycles. The quantitative estimate of drug-likeness (QED) is 0.776. The van der Waals surface area contributed by atoms with Gasteiger partial charge in [-0.25, -0.2) is 0 Å². The average Bonchev–Trinajstić information content (AvgIpc) is 2.27. The van der Waals surface area contributed by atoms with Crippen LogP contribution >= 0.6 is 11.8 Å². The van der Waals surface area contributed by atoms with Gasteiger partial charge in [-0.15, -0.1) is 0 Å². The Hall–Kier alpha value is -1.14. The molecule has 1 aromatic rings. The number of rotatable bonds is 5. The molecule has 2 N–H and O–H groups in total. The molecule has 0 aliphatic heterocycles. The molecule has 0 aliphatic rings. The number of carbonyl (C=O) groups is 1. The number of amides is 1. The molecule has 1 rings (SSSR count). The van der Waals surface area contributed by atoms with Crippen LogP contribution in [0.5, 0.6) is 0 Å². The summed E-state index contributed by atoms with van der Waals surface area (Å²) in [6.07, 6.45) is 4.75. The monoisotopic (exact) mass is 241 g/mol. The van der Waals surface area contributed by atoms with Crippen molar-refractivity contribution in [3.63, 3.8) is 0 Å². The van der Waals surface area contributed by atoms with E-state index < -0.39 is 5.60 Å². The van der Waals surface area contributed by atoms with Crippen LogP contribution in [0.1, 0.15) is 17.3 Å². The molecule has 1 amide bonds. The molecule has 6 heteroatoms. The SMILES string of the molecule is CSCC(C)(O)CNC(=O)c1ccnnc1. The highest BCUT2D eigenvalue weighted by molar-refractivity contribution is 7.98. The van der Waals surface area contributed by atoms with Crippen molar-refractivity contribution in [1.29, 1.82) is 0 Å². The first-order chi connectivity index (χ1) is 7.55. The lowest BCUT2D eigenvalue weighted by Gasteiger charge is -2.22. The van der Waals surface area contributed by atoms with E-state index in [0.717, 1.165) is 0 Å². The summed E-state index contributed by atoms with van der Waals surface area (Å²) in [5.41, 5.74) is -0.454. The van der Waals surface area contributed by atoms with E-state index >= 15 is 0 Å². The topological polar surface area (TPSA) is 75.1 Å². The van der Waals surface area contributed by atoms with Gasteiger partial charge < -0.3 is 10.4 Å². The van der Waals surface area contributed by atoms with Gasteiger partial charge >= 0.3 is 0 Å². The molecule has 1 atom stereocenters. The Morgan fingerprint density at radius 1 is 1.62 bits per heavy atom. The van der Waals surface area contributed by atoms with Gasteiger partial charge in [0.2, 0.25) is 0 Å². The van der Waals surface area contributed by atoms with E-state index in [2.05, 4.69) is 15.5 Å². The zero-order chi connectivity index (χ0) is 12.0. The third-order valence-electron chi connectivity index (χ3n) is 1.93. The largest absolute Gasteiger partial charge is 0.387 e. The number of nitrogens with one attached hydrogen (secondary N) is 1. The summed E-state index contributed by atoms with van der Waals surface area (Å²) in [5.74, 6) is 0.318. The summed E-state index contributed by atoms with van der Waals surface area (Å²) in [6, 6.07) is 1.58. The van der Waals surface area contributed by atoms with E-state index in [-0.39, 0.29) is 12.5 Å². The number of aromatic nitrogens is 2. The van der Waals surface area contributed by atoms with Gasteiger partial charge in [0.1, 0.15) is 0 Å². The van der Waals surface area contributed by atoms with Crippen LogP contribution < -0.4 is 5.32 Å². The van der Waals surface area contributed by atoms with Crippen molar-refractivity contribution < 1.29 is 9.90 Å². The standard InChI is InChI=1S/C10H15N3O2S/c1-10(15,7-16-2)6-11-9(14)8-3-4-12-13-5-8/h3-5,15H,6-7H2,1-2H3,(H,11,14). The second-order valence-corrected chi connectivity index (χ2v) is 4.61. The summed E-state index contributed by atoms with van der Waals surface area (Å²) >= 11 is 1.53. The first kappa shape index (κ1) is 12.9. The molecule has 0 radical (unpaired) electrons. The fraction of sp³-hybridized carbons (Fsp3) is 0.500. The van der Waals surface area contributed by atoms with Crippen molar-refractivity contribution in [3.05, 3.63) is 24.0 Å². The van der Waals surface area contributed by atoms with Crippen LogP contribution in [-0.4, -0.2) is 45.4 Å². The maximum Gasteiger partial charge on any atom is 0.253 e. The van der Waals surface area contributed by atoms with Crippen molar-refractivity contribution in [2.45, 2.75) is 12.5 Å². The van der Waals surface area contributed by atoms with Crippen molar-refractivity contribution >= 4 is 17.7 Å². The van der Waals surface area contributed by atoms with Crippen LogP contribution in [0.2, 0.25) is 0 Å². The Balaban J connectivity index is 2.48. The molecule has 0 saturated carbocycles. The van der Waals surface area contributed by atoms with E-state index in [9.17, 15) is 9.90 Å². The maximum atomic E-state index is 11.6. The second-order valence-electron chi connectivity index (χ2n) is 3.74. The van der Waals surface area contributed by atoms with E-state index in [0.29, 0.717) is 11.3 Å². The fourth-order valence-electron chi connectivity index (χ4n) is 1.16. The van der Waals surface area contributed by atoms with E-state index in [4.69, 9.17) is 0 Å². The highest BCUT2D eigenvalue weighted by Crippen LogP contribution is 2.09. The maximum absolute atomic E-state index is 11.6. The van der Waals surface area contributed by atoms with Crippen LogP contribution in [-0.2, 0) is 0 Å². The van der Waals surface area contributed by atoms with Gasteiger partial charge in [-0.1, -0.05) is 0 Å². The third kappa shape index (κ3) is 4.16. The van der Waals surface area contributed by atoms with Gasteiger partial charge in [0.05, 0.1) is 23.6 Å². The van der Waals surface area contributed by atoms with Crippen LogP contribution in [0.25, 0.3) is 0 Å². The third-order valence-corrected chi connectivity index (χ3v) is 2.84. The number of aliphatic hydroxyl groups is 1. The van der Waals surface area contributed by atoms with Gasteiger partial charge in [-0.05, 0) is 19.2 Å². The molecule has 0 spiro atoms. The second kappa shape index (κ2) is 5.81. The summed E-state index contributed by atoms with van der Waals surface area (Å²) < 4.78 is 0. The summed E-state index contributed by atoms with van der Waals surface area (Å²) in [7, 11) is 0. The van der Waals surface area contributed by atoms with E-state index in [1.165, 1.54) is 24.2 Å². The lowest BCUT2D eigenvalue weighted by molar-refractivity contribution is 0.0724. The highest BCUT2D eigenvalue weighted by Gasteiger charge is 2.20. The first-order valence-corrected chi connectivity index (χ1v) is 6.21. The fourth-order valence-corrected chi connectivity index (χ4v) is 1.88. The predicted molar refractivity (Wildman–Crippen MR) is 63.4 cm³/mol. The summed E-state index contributed by atoms with van der Waals surface area (Å²) in [6.45, 7) is 1.91. The lowest BCUT2D eigenvalue weighted by Crippen LogP contribution is -2.42. The number of nitrogens with zero attached hydrogens (tertiary/aromatic N) is 2. The van der Waals surface area contributed by atoms with E-state index in [1.807, 2.05) is 6.26 Å². The number of thioether (sulfide) groups is 1. The van der Waals surface area contributed by atoms with Crippen LogP contribution in [0.3, 0.4) is 0 Å². The smallest absolute Gasteiger partial charge is 0.253 e. The lowest BCUT2D eigenvalue weighted by atomic mass is 10.1. The number of hydrogen-bond acceptors (Lipinski definition) is 5. The number of carbonyl (C=O) groups excluding carboxylic acids is 1. The average molecular weight is 241 g/mol. The molecule has 0 aliphatic carbocycles. The Labute approximate surface area is 98.7 Å². The minimum absolute atomic E-state index is 0.217. The van der Waals surface area contributed by atoms with Crippen molar-refractivity contribution in [3.8, 4) is 0 Å². The van der Waals surface area contributed by atoms with Crippen molar-refractivity contribution in [1.82, 2.24) is 15.5 Å². The van der Waals surface area contributed by atoms with E-state index in [1.54, 1.807) is 13.0 Å². The molecule has 16 heavy (non-hydrogen) atoms. The zero-order valence-electron chi connectivity index (χ0n) is 9.30. The first-order valence-electron chi connectivity index (χ1n) is 4.81. The van der Waals surface area contributed by atoms with Gasteiger partial charge in [0.15, 0.2) is 0 Å². The Kier molecular flexibility index (Phi) is 4.70. The highest BCUT2D eigenvalue weighted by atomic mass is 32.2. The van der Waals surface area contributed by atoms with Crippen LogP contribution in [0.15, 0.2) is 18.5 Å². The minimum atomic E-state index is -0.893. The minimum Gasteiger partial charge on any atom is -0.387 e.